The molecule has 1 saturated heterocycles. The van der Waals surface area contributed by atoms with Crippen LogP contribution in [0.3, 0.4) is 0 Å². The molecule has 2 aromatic rings. The number of hydrogen-bond donors (Lipinski definition) is 1. The number of carbonyl (C=O) groups is 1. The van der Waals surface area contributed by atoms with Crippen LogP contribution in [-0.2, 0) is 4.79 Å². The number of likely N-dealkylation sites (tertiary alicyclic amines) is 1. The summed E-state index contributed by atoms with van der Waals surface area (Å²) in [5.74, 6) is 0.532. The maximum absolute atomic E-state index is 13.2. The number of rotatable bonds is 6. The van der Waals surface area contributed by atoms with E-state index in [2.05, 4.69) is 31.0 Å². The molecule has 0 aliphatic carbocycles. The van der Waals surface area contributed by atoms with Gasteiger partial charge >= 0.3 is 0 Å². The average molecular weight is 365 g/mol. The van der Waals surface area contributed by atoms with E-state index in [0.29, 0.717) is 6.54 Å². The molecule has 3 heteroatoms. The molecule has 144 valence electrons. The Hall–Kier alpha value is -2.13. The predicted molar refractivity (Wildman–Crippen MR) is 112 cm³/mol. The van der Waals surface area contributed by atoms with Crippen LogP contribution in [0.25, 0.3) is 0 Å². The summed E-state index contributed by atoms with van der Waals surface area (Å²) in [6, 6.07) is 20.1. The van der Waals surface area contributed by atoms with Crippen molar-refractivity contribution in [1.29, 1.82) is 0 Å². The molecular formula is C24H32N2O. The largest absolute Gasteiger partial charge is 0.353 e. The van der Waals surface area contributed by atoms with Crippen molar-refractivity contribution in [3.05, 3.63) is 71.8 Å². The SMILES string of the molecule is CC1CCCN(C(C)(C)CNC(=O)C(c2ccccc2)c2ccccc2)C1. The van der Waals surface area contributed by atoms with E-state index < -0.39 is 0 Å². The van der Waals surface area contributed by atoms with E-state index in [-0.39, 0.29) is 17.4 Å². The van der Waals surface area contributed by atoms with E-state index in [1.165, 1.54) is 12.8 Å². The fraction of sp³-hybridized carbons (Fsp3) is 0.458. The van der Waals surface area contributed by atoms with Crippen LogP contribution in [-0.4, -0.2) is 36.0 Å². The Morgan fingerprint density at radius 3 is 2.15 bits per heavy atom. The van der Waals surface area contributed by atoms with Crippen molar-refractivity contribution in [3.63, 3.8) is 0 Å². The predicted octanol–water partition coefficient (Wildman–Crippen LogP) is 4.45. The molecule has 3 nitrogen and oxygen atoms in total. The van der Waals surface area contributed by atoms with E-state index in [1.807, 2.05) is 60.7 Å². The zero-order valence-electron chi connectivity index (χ0n) is 16.8. The second-order valence-electron chi connectivity index (χ2n) is 8.48. The van der Waals surface area contributed by atoms with Gasteiger partial charge < -0.3 is 5.32 Å². The number of nitrogens with one attached hydrogen (secondary N) is 1. The van der Waals surface area contributed by atoms with Gasteiger partial charge in [0.05, 0.1) is 5.92 Å². The number of piperidine rings is 1. The standard InChI is InChI=1S/C24H32N2O/c1-19-11-10-16-26(17-19)24(2,3)18-25-23(27)22(20-12-6-4-7-13-20)21-14-8-5-9-15-21/h4-9,12-15,19,22H,10-11,16-18H2,1-3H3,(H,25,27). The first-order chi connectivity index (χ1) is 13.0. The van der Waals surface area contributed by atoms with Gasteiger partial charge in [-0.3, -0.25) is 9.69 Å². The molecule has 1 unspecified atom stereocenters. The van der Waals surface area contributed by atoms with Gasteiger partial charge in [0.1, 0.15) is 0 Å². The molecule has 1 aliphatic heterocycles. The Morgan fingerprint density at radius 2 is 1.63 bits per heavy atom. The summed E-state index contributed by atoms with van der Waals surface area (Å²) in [4.78, 5) is 15.7. The van der Waals surface area contributed by atoms with Gasteiger partial charge in [-0.15, -0.1) is 0 Å². The Labute approximate surface area is 163 Å². The maximum Gasteiger partial charge on any atom is 0.232 e. The van der Waals surface area contributed by atoms with Crippen LogP contribution < -0.4 is 5.32 Å². The van der Waals surface area contributed by atoms with Crippen molar-refractivity contribution in [1.82, 2.24) is 10.2 Å². The van der Waals surface area contributed by atoms with Crippen molar-refractivity contribution in [2.45, 2.75) is 45.1 Å². The average Bonchev–Trinajstić information content (AvgIpc) is 2.68. The van der Waals surface area contributed by atoms with Crippen LogP contribution in [0.4, 0.5) is 0 Å². The third-order valence-corrected chi connectivity index (χ3v) is 5.74. The van der Waals surface area contributed by atoms with E-state index >= 15 is 0 Å². The number of carbonyl (C=O) groups excluding carboxylic acids is 1. The first kappa shape index (κ1) is 19.6. The minimum Gasteiger partial charge on any atom is -0.353 e. The monoisotopic (exact) mass is 364 g/mol. The lowest BCUT2D eigenvalue weighted by atomic mass is 9.89. The summed E-state index contributed by atoms with van der Waals surface area (Å²) in [5.41, 5.74) is 2.03. The molecule has 1 heterocycles. The maximum atomic E-state index is 13.2. The summed E-state index contributed by atoms with van der Waals surface area (Å²) in [7, 11) is 0. The molecule has 0 bridgehead atoms. The van der Waals surface area contributed by atoms with E-state index in [0.717, 1.165) is 30.1 Å². The quantitative estimate of drug-likeness (QED) is 0.821. The van der Waals surface area contributed by atoms with Crippen molar-refractivity contribution in [2.24, 2.45) is 5.92 Å². The molecule has 1 aliphatic rings. The van der Waals surface area contributed by atoms with E-state index in [1.54, 1.807) is 0 Å². The molecule has 1 N–H and O–H groups in total. The highest BCUT2D eigenvalue weighted by Crippen LogP contribution is 2.26. The molecule has 27 heavy (non-hydrogen) atoms. The molecule has 0 saturated carbocycles. The van der Waals surface area contributed by atoms with Gasteiger partial charge in [0.15, 0.2) is 0 Å². The van der Waals surface area contributed by atoms with Gasteiger partial charge in [-0.25, -0.2) is 0 Å². The van der Waals surface area contributed by atoms with Crippen LogP contribution in [0, 0.1) is 5.92 Å². The van der Waals surface area contributed by atoms with Crippen molar-refractivity contribution in [2.75, 3.05) is 19.6 Å². The second-order valence-corrected chi connectivity index (χ2v) is 8.48. The number of nitrogens with zero attached hydrogens (tertiary/aromatic N) is 1. The van der Waals surface area contributed by atoms with Crippen LogP contribution in [0.2, 0.25) is 0 Å². The van der Waals surface area contributed by atoms with Gasteiger partial charge in [0.25, 0.3) is 0 Å². The van der Waals surface area contributed by atoms with Crippen molar-refractivity contribution < 1.29 is 4.79 Å². The molecule has 1 fully saturated rings. The highest BCUT2D eigenvalue weighted by Gasteiger charge is 2.31. The molecule has 1 amide bonds. The van der Waals surface area contributed by atoms with Crippen LogP contribution in [0.1, 0.15) is 50.7 Å². The minimum absolute atomic E-state index is 0.0394. The van der Waals surface area contributed by atoms with Crippen LogP contribution in [0.15, 0.2) is 60.7 Å². The normalized spacial score (nSPS) is 18.4. The van der Waals surface area contributed by atoms with Crippen molar-refractivity contribution >= 4 is 5.91 Å². The van der Waals surface area contributed by atoms with Crippen LogP contribution in [0.5, 0.6) is 0 Å². The summed E-state index contributed by atoms with van der Waals surface area (Å²) in [6.07, 6.45) is 2.55. The fourth-order valence-corrected chi connectivity index (χ4v) is 4.04. The molecule has 0 spiro atoms. The first-order valence-electron chi connectivity index (χ1n) is 10.1. The van der Waals surface area contributed by atoms with Crippen molar-refractivity contribution in [3.8, 4) is 0 Å². The van der Waals surface area contributed by atoms with Gasteiger partial charge in [0, 0.05) is 18.6 Å². The van der Waals surface area contributed by atoms with E-state index in [4.69, 9.17) is 0 Å². The Balaban J connectivity index is 1.73. The number of hydrogen-bond acceptors (Lipinski definition) is 2. The van der Waals surface area contributed by atoms with Gasteiger partial charge in [-0.1, -0.05) is 67.6 Å². The summed E-state index contributed by atoms with van der Waals surface area (Å²) in [5, 5.41) is 3.25. The second kappa shape index (κ2) is 8.71. The molecule has 1 atom stereocenters. The summed E-state index contributed by atoms with van der Waals surface area (Å²) < 4.78 is 0. The first-order valence-corrected chi connectivity index (χ1v) is 10.1. The summed E-state index contributed by atoms with van der Waals surface area (Å²) in [6.45, 7) is 9.70. The Morgan fingerprint density at radius 1 is 1.07 bits per heavy atom. The molecular weight excluding hydrogens is 332 g/mol. The lowest BCUT2D eigenvalue weighted by Crippen LogP contribution is -2.55. The molecule has 3 rings (SSSR count). The highest BCUT2D eigenvalue weighted by molar-refractivity contribution is 5.87. The topological polar surface area (TPSA) is 32.3 Å². The zero-order chi connectivity index (χ0) is 19.3. The number of amides is 1. The summed E-state index contributed by atoms with van der Waals surface area (Å²) >= 11 is 0. The fourth-order valence-electron chi connectivity index (χ4n) is 4.04. The third-order valence-electron chi connectivity index (χ3n) is 5.74. The van der Waals surface area contributed by atoms with Crippen LogP contribution >= 0.6 is 0 Å². The number of benzene rings is 2. The van der Waals surface area contributed by atoms with Gasteiger partial charge in [-0.05, 0) is 50.3 Å². The lowest BCUT2D eigenvalue weighted by Gasteiger charge is -2.43. The van der Waals surface area contributed by atoms with Gasteiger partial charge in [-0.2, -0.15) is 0 Å². The molecule has 0 aromatic heterocycles. The smallest absolute Gasteiger partial charge is 0.232 e. The Bertz CT molecular complexity index is 687. The van der Waals surface area contributed by atoms with Gasteiger partial charge in [0.2, 0.25) is 5.91 Å². The zero-order valence-corrected chi connectivity index (χ0v) is 16.8. The third kappa shape index (κ3) is 4.98. The van der Waals surface area contributed by atoms with E-state index in [9.17, 15) is 4.79 Å². The molecule has 2 aromatic carbocycles. The Kier molecular flexibility index (Phi) is 6.33. The lowest BCUT2D eigenvalue weighted by molar-refractivity contribution is -0.122. The molecule has 0 radical (unpaired) electrons. The minimum atomic E-state index is -0.275. The highest BCUT2D eigenvalue weighted by atomic mass is 16.1.